The lowest BCUT2D eigenvalue weighted by atomic mass is 10.0. The van der Waals surface area contributed by atoms with Gasteiger partial charge in [0.15, 0.2) is 18.3 Å². The molecule has 0 aromatic heterocycles. The Morgan fingerprint density at radius 1 is 0.739 bits per heavy atom. The molecule has 0 heterocycles. The molecule has 0 aliphatic heterocycles. The number of hydrogen-bond acceptors (Lipinski definition) is 8. The molecule has 0 fully saturated rings. The van der Waals surface area contributed by atoms with Gasteiger partial charge in [0.05, 0.1) is 0 Å². The summed E-state index contributed by atoms with van der Waals surface area (Å²) in [4.78, 5) is 45.3. The average Bonchev–Trinajstić information content (AvgIpc) is 2.51. The molecule has 1 rings (SSSR count). The topological polar surface area (TPSA) is 105 Å². The molecular formula is C15H20O8. The van der Waals surface area contributed by atoms with Gasteiger partial charge in [-0.25, -0.2) is 0 Å². The lowest BCUT2D eigenvalue weighted by molar-refractivity contribution is -0.193. The molecule has 0 saturated carbocycles. The van der Waals surface area contributed by atoms with Crippen molar-refractivity contribution in [3.63, 3.8) is 0 Å². The summed E-state index contributed by atoms with van der Waals surface area (Å²) >= 11 is 0. The van der Waals surface area contributed by atoms with Crippen LogP contribution < -0.4 is 0 Å². The van der Waals surface area contributed by atoms with E-state index in [4.69, 9.17) is 18.9 Å². The van der Waals surface area contributed by atoms with E-state index in [-0.39, 0.29) is 6.42 Å². The summed E-state index contributed by atoms with van der Waals surface area (Å²) in [5.41, 5.74) is 0. The van der Waals surface area contributed by atoms with Gasteiger partial charge in [-0.15, -0.1) is 0 Å². The van der Waals surface area contributed by atoms with Gasteiger partial charge in [-0.3, -0.25) is 19.2 Å². The van der Waals surface area contributed by atoms with Crippen LogP contribution in [0.4, 0.5) is 0 Å². The third kappa shape index (κ3) is 6.09. The molecule has 0 aromatic carbocycles. The quantitative estimate of drug-likeness (QED) is 0.421. The molecule has 0 radical (unpaired) electrons. The molecule has 4 atom stereocenters. The Hall–Kier alpha value is -2.38. The van der Waals surface area contributed by atoms with Crippen molar-refractivity contribution in [2.45, 2.75) is 58.5 Å². The van der Waals surface area contributed by atoms with Crippen molar-refractivity contribution in [3.8, 4) is 0 Å². The van der Waals surface area contributed by atoms with Crippen LogP contribution in [-0.2, 0) is 38.1 Å². The Morgan fingerprint density at radius 2 is 1.22 bits per heavy atom. The Balaban J connectivity index is 3.17. The molecule has 0 unspecified atom stereocenters. The lowest BCUT2D eigenvalue weighted by Crippen LogP contribution is -2.49. The molecule has 8 heteroatoms. The van der Waals surface area contributed by atoms with Crippen LogP contribution in [0.25, 0.3) is 0 Å². The van der Waals surface area contributed by atoms with Gasteiger partial charge in [0.2, 0.25) is 0 Å². The van der Waals surface area contributed by atoms with Gasteiger partial charge in [0, 0.05) is 34.1 Å². The van der Waals surface area contributed by atoms with Crippen LogP contribution in [0.1, 0.15) is 34.1 Å². The standard InChI is InChI=1S/C15H20O8/c1-8(16)20-12-6-5-7-13(21-9(2)17)15(23-11(4)19)14(12)22-10(3)18/h5-6,12-15H,7H2,1-4H3/t12-,13+,14+,15-/m1/s1. The monoisotopic (exact) mass is 328 g/mol. The predicted octanol–water partition coefficient (Wildman–Crippen LogP) is 0.673. The fourth-order valence-electron chi connectivity index (χ4n) is 2.28. The summed E-state index contributed by atoms with van der Waals surface area (Å²) in [6, 6.07) is 0. The maximum atomic E-state index is 11.4. The second kappa shape index (κ2) is 8.30. The summed E-state index contributed by atoms with van der Waals surface area (Å²) < 4.78 is 20.6. The number of hydrogen-bond donors (Lipinski definition) is 0. The summed E-state index contributed by atoms with van der Waals surface area (Å²) in [7, 11) is 0. The minimum absolute atomic E-state index is 0.215. The van der Waals surface area contributed by atoms with Crippen LogP contribution in [0.5, 0.6) is 0 Å². The highest BCUT2D eigenvalue weighted by atomic mass is 16.6. The molecule has 1 aliphatic carbocycles. The van der Waals surface area contributed by atoms with Crippen LogP contribution in [0.15, 0.2) is 12.2 Å². The number of carbonyl (C=O) groups is 4. The van der Waals surface area contributed by atoms with E-state index >= 15 is 0 Å². The number of ether oxygens (including phenoxy) is 4. The predicted molar refractivity (Wildman–Crippen MR) is 76.0 cm³/mol. The molecule has 0 aromatic rings. The third-order valence-corrected chi connectivity index (χ3v) is 2.93. The van der Waals surface area contributed by atoms with E-state index in [1.54, 1.807) is 6.08 Å². The van der Waals surface area contributed by atoms with Crippen molar-refractivity contribution in [1.29, 1.82) is 0 Å². The van der Waals surface area contributed by atoms with E-state index in [9.17, 15) is 19.2 Å². The Labute approximate surface area is 133 Å². The van der Waals surface area contributed by atoms with Crippen LogP contribution in [0.2, 0.25) is 0 Å². The fourth-order valence-corrected chi connectivity index (χ4v) is 2.28. The zero-order valence-corrected chi connectivity index (χ0v) is 13.4. The van der Waals surface area contributed by atoms with E-state index in [1.807, 2.05) is 0 Å². The van der Waals surface area contributed by atoms with Gasteiger partial charge in [0.25, 0.3) is 0 Å². The van der Waals surface area contributed by atoms with Crippen molar-refractivity contribution >= 4 is 23.9 Å². The van der Waals surface area contributed by atoms with Crippen LogP contribution in [-0.4, -0.2) is 48.3 Å². The molecule has 8 nitrogen and oxygen atoms in total. The largest absolute Gasteiger partial charge is 0.458 e. The molecule has 128 valence electrons. The minimum atomic E-state index is -1.12. The molecule has 0 N–H and O–H groups in total. The average molecular weight is 328 g/mol. The fraction of sp³-hybridized carbons (Fsp3) is 0.600. The molecule has 23 heavy (non-hydrogen) atoms. The minimum Gasteiger partial charge on any atom is -0.458 e. The normalized spacial score (nSPS) is 26.6. The highest BCUT2D eigenvalue weighted by Gasteiger charge is 2.43. The van der Waals surface area contributed by atoms with Gasteiger partial charge in [-0.2, -0.15) is 0 Å². The van der Waals surface area contributed by atoms with Crippen molar-refractivity contribution in [1.82, 2.24) is 0 Å². The van der Waals surface area contributed by atoms with E-state index < -0.39 is 48.3 Å². The summed E-state index contributed by atoms with van der Waals surface area (Å²) in [5, 5.41) is 0. The number of rotatable bonds is 4. The molecule has 0 saturated heterocycles. The molecule has 0 bridgehead atoms. The van der Waals surface area contributed by atoms with Crippen LogP contribution >= 0.6 is 0 Å². The first kappa shape index (κ1) is 18.7. The Bertz CT molecular complexity index is 510. The number of carbonyl (C=O) groups excluding carboxylic acids is 4. The first-order chi connectivity index (χ1) is 10.7. The van der Waals surface area contributed by atoms with Gasteiger partial charge >= 0.3 is 23.9 Å². The van der Waals surface area contributed by atoms with Crippen molar-refractivity contribution < 1.29 is 38.1 Å². The summed E-state index contributed by atoms with van der Waals surface area (Å²) in [5.74, 6) is -2.47. The molecule has 1 aliphatic rings. The zero-order valence-electron chi connectivity index (χ0n) is 13.4. The van der Waals surface area contributed by atoms with Gasteiger partial charge in [-0.05, 0) is 6.08 Å². The first-order valence-electron chi connectivity index (χ1n) is 7.06. The van der Waals surface area contributed by atoms with E-state index in [0.29, 0.717) is 0 Å². The summed E-state index contributed by atoms with van der Waals surface area (Å²) in [6.07, 6.45) is -0.703. The van der Waals surface area contributed by atoms with Crippen molar-refractivity contribution in [2.75, 3.05) is 0 Å². The lowest BCUT2D eigenvalue weighted by Gasteiger charge is -2.32. The summed E-state index contributed by atoms with van der Waals surface area (Å²) in [6.45, 7) is 4.76. The van der Waals surface area contributed by atoms with Crippen molar-refractivity contribution in [3.05, 3.63) is 12.2 Å². The SMILES string of the molecule is CC(=O)O[C@@H]1[C@H](OC(C)=O)[C@@H](OC(C)=O)CC=C[C@H]1OC(C)=O. The molecule has 0 spiro atoms. The Kier molecular flexibility index (Phi) is 6.74. The smallest absolute Gasteiger partial charge is 0.303 e. The zero-order chi connectivity index (χ0) is 17.6. The second-order valence-electron chi connectivity index (χ2n) is 5.03. The van der Waals surface area contributed by atoms with E-state index in [1.165, 1.54) is 33.8 Å². The van der Waals surface area contributed by atoms with E-state index in [2.05, 4.69) is 0 Å². The maximum absolute atomic E-state index is 11.4. The second-order valence-corrected chi connectivity index (χ2v) is 5.03. The first-order valence-corrected chi connectivity index (χ1v) is 7.06. The van der Waals surface area contributed by atoms with Gasteiger partial charge in [0.1, 0.15) is 6.10 Å². The third-order valence-electron chi connectivity index (χ3n) is 2.93. The molecular weight excluding hydrogens is 308 g/mol. The van der Waals surface area contributed by atoms with E-state index in [0.717, 1.165) is 0 Å². The molecule has 0 amide bonds. The maximum Gasteiger partial charge on any atom is 0.303 e. The highest BCUT2D eigenvalue weighted by molar-refractivity contribution is 5.69. The Morgan fingerprint density at radius 3 is 1.70 bits per heavy atom. The van der Waals surface area contributed by atoms with Gasteiger partial charge < -0.3 is 18.9 Å². The van der Waals surface area contributed by atoms with Crippen LogP contribution in [0.3, 0.4) is 0 Å². The van der Waals surface area contributed by atoms with Gasteiger partial charge in [-0.1, -0.05) is 6.08 Å². The van der Waals surface area contributed by atoms with Crippen molar-refractivity contribution in [2.24, 2.45) is 0 Å². The van der Waals surface area contributed by atoms with Crippen LogP contribution in [0, 0.1) is 0 Å². The highest BCUT2D eigenvalue weighted by Crippen LogP contribution is 2.25. The number of esters is 4.